The van der Waals surface area contributed by atoms with Gasteiger partial charge in [0.05, 0.1) is 12.2 Å². The molecular formula is C28H31N5O6. The molecule has 0 fully saturated rings. The molecule has 39 heavy (non-hydrogen) atoms. The molecule has 0 saturated carbocycles. The summed E-state index contributed by atoms with van der Waals surface area (Å²) < 4.78 is 15.9. The fraction of sp³-hybridized carbons (Fsp3) is 0.357. The highest BCUT2D eigenvalue weighted by Gasteiger charge is 2.44. The van der Waals surface area contributed by atoms with Crippen LogP contribution in [0.5, 0.6) is 11.5 Å². The van der Waals surface area contributed by atoms with Gasteiger partial charge in [0.2, 0.25) is 0 Å². The van der Waals surface area contributed by atoms with E-state index in [9.17, 15) is 19.2 Å². The first kappa shape index (κ1) is 26.2. The van der Waals surface area contributed by atoms with Gasteiger partial charge in [0.25, 0.3) is 0 Å². The summed E-state index contributed by atoms with van der Waals surface area (Å²) in [6.07, 6.45) is 1.39. The highest BCUT2D eigenvalue weighted by molar-refractivity contribution is 5.94. The van der Waals surface area contributed by atoms with Gasteiger partial charge in [-0.05, 0) is 69.7 Å². The first-order chi connectivity index (χ1) is 18.6. The molecule has 0 radical (unpaired) electrons. The smallest absolute Gasteiger partial charge is 0.415 e. The molecule has 204 valence electrons. The Hall–Kier alpha value is -4.38. The van der Waals surface area contributed by atoms with Gasteiger partial charge < -0.3 is 20.1 Å². The van der Waals surface area contributed by atoms with Crippen molar-refractivity contribution < 1.29 is 19.1 Å². The minimum Gasteiger partial charge on any atom is -0.483 e. The van der Waals surface area contributed by atoms with Gasteiger partial charge in [0, 0.05) is 36.8 Å². The van der Waals surface area contributed by atoms with Gasteiger partial charge in [-0.2, -0.15) is 0 Å². The number of rotatable bonds is 6. The van der Waals surface area contributed by atoms with Gasteiger partial charge in [-0.15, -0.1) is 0 Å². The van der Waals surface area contributed by atoms with Crippen LogP contribution in [0.25, 0.3) is 5.69 Å². The van der Waals surface area contributed by atoms with Crippen LogP contribution in [0, 0.1) is 0 Å². The number of Topliss-reactive ketones (excluding diaryl/α,β-unsaturated/α-hetero) is 1. The molecule has 11 heteroatoms. The van der Waals surface area contributed by atoms with E-state index >= 15 is 0 Å². The molecule has 1 aromatic heterocycles. The van der Waals surface area contributed by atoms with Gasteiger partial charge in [0.1, 0.15) is 23.1 Å². The zero-order valence-corrected chi connectivity index (χ0v) is 22.3. The number of aromatic nitrogens is 3. The fourth-order valence-corrected chi connectivity index (χ4v) is 5.21. The molecule has 2 aliphatic heterocycles. The summed E-state index contributed by atoms with van der Waals surface area (Å²) in [5.74, 6) is 0.630. The molecule has 1 amide bonds. The van der Waals surface area contributed by atoms with Gasteiger partial charge in [-0.25, -0.2) is 28.3 Å². The van der Waals surface area contributed by atoms with Crippen molar-refractivity contribution in [2.45, 2.75) is 45.9 Å². The molecule has 0 saturated heterocycles. The van der Waals surface area contributed by atoms with Crippen LogP contribution in [-0.2, 0) is 6.54 Å². The predicted molar refractivity (Wildman–Crippen MR) is 144 cm³/mol. The predicted octanol–water partition coefficient (Wildman–Crippen LogP) is 2.48. The first-order valence-corrected chi connectivity index (χ1v) is 12.8. The second kappa shape index (κ2) is 9.73. The van der Waals surface area contributed by atoms with Gasteiger partial charge >= 0.3 is 17.5 Å². The quantitative estimate of drug-likeness (QED) is 0.380. The van der Waals surface area contributed by atoms with Crippen LogP contribution >= 0.6 is 0 Å². The summed E-state index contributed by atoms with van der Waals surface area (Å²) in [6, 6.07) is 10.8. The van der Waals surface area contributed by atoms with Crippen molar-refractivity contribution in [2.75, 3.05) is 19.6 Å². The summed E-state index contributed by atoms with van der Waals surface area (Å²) in [5, 5.41) is 0. The number of allylic oxidation sites excluding steroid dienone is 1. The van der Waals surface area contributed by atoms with Crippen molar-refractivity contribution in [3.8, 4) is 17.2 Å². The maximum Gasteiger partial charge on any atom is 0.415 e. The van der Waals surface area contributed by atoms with Gasteiger partial charge in [-0.1, -0.05) is 6.08 Å². The lowest BCUT2D eigenvalue weighted by molar-refractivity contribution is 0.101. The van der Waals surface area contributed by atoms with E-state index in [-0.39, 0.29) is 12.3 Å². The Morgan fingerprint density at radius 2 is 1.85 bits per heavy atom. The number of amides is 1. The van der Waals surface area contributed by atoms with Crippen molar-refractivity contribution in [3.63, 3.8) is 0 Å². The number of nitrogens with two attached hydrogens (primary N) is 1. The highest BCUT2D eigenvalue weighted by Crippen LogP contribution is 2.47. The van der Waals surface area contributed by atoms with Crippen molar-refractivity contribution >= 4 is 11.9 Å². The Morgan fingerprint density at radius 1 is 1.13 bits per heavy atom. The Balaban J connectivity index is 1.58. The van der Waals surface area contributed by atoms with Crippen molar-refractivity contribution in [3.05, 3.63) is 86.2 Å². The minimum absolute atomic E-state index is 0.108. The van der Waals surface area contributed by atoms with Crippen LogP contribution in [-0.4, -0.2) is 55.9 Å². The molecule has 0 spiro atoms. The fourth-order valence-electron chi connectivity index (χ4n) is 5.21. The number of carbonyl (C=O) groups is 2. The average Bonchev–Trinajstić information content (AvgIpc) is 3.16. The number of fused-ring (bicyclic) bond motifs is 5. The van der Waals surface area contributed by atoms with Gasteiger partial charge in [-0.3, -0.25) is 4.79 Å². The summed E-state index contributed by atoms with van der Waals surface area (Å²) in [6.45, 7) is 8.42. The zero-order chi connectivity index (χ0) is 28.1. The number of hydrogen-bond acceptors (Lipinski definition) is 7. The summed E-state index contributed by atoms with van der Waals surface area (Å²) >= 11 is 0. The number of benzene rings is 2. The number of ketones is 1. The van der Waals surface area contributed by atoms with Crippen molar-refractivity contribution in [1.82, 2.24) is 18.8 Å². The summed E-state index contributed by atoms with van der Waals surface area (Å²) in [7, 11) is 0. The Kier molecular flexibility index (Phi) is 6.55. The average molecular weight is 534 g/mol. The second-order valence-electron chi connectivity index (χ2n) is 10.0. The SMILES string of the molecule is CCN(CCN)C(=O)Oc1ccc2c(c1)OC(C)(C)C1=CCn3c(=O)n(-c4ccc(C(C)=O)cc4)c(=O)n3C12. The highest BCUT2D eigenvalue weighted by atomic mass is 16.6. The number of likely N-dealkylation sites (N-methyl/N-ethyl adjacent to an activating group) is 1. The standard InChI is InChI=1S/C28H31N5O6/c1-5-30(15-13-29)27(37)38-20-10-11-21-23(16-20)39-28(3,4)22-12-14-31-25(35)32(26(36)33(31)24(21)22)19-8-6-18(7-9-19)17(2)34/h6-12,16,24H,5,13-15,29H2,1-4H3. The molecule has 1 atom stereocenters. The van der Waals surface area contributed by atoms with Crippen LogP contribution in [0.4, 0.5) is 4.79 Å². The van der Waals surface area contributed by atoms with E-state index in [0.29, 0.717) is 47.9 Å². The van der Waals surface area contributed by atoms with Crippen molar-refractivity contribution in [2.24, 2.45) is 5.73 Å². The van der Waals surface area contributed by atoms with Crippen LogP contribution in [0.15, 0.2) is 63.7 Å². The summed E-state index contributed by atoms with van der Waals surface area (Å²) in [5.41, 5.74) is 6.16. The Bertz CT molecular complexity index is 1610. The van der Waals surface area contributed by atoms with Crippen LogP contribution in [0.1, 0.15) is 49.7 Å². The third-order valence-corrected chi connectivity index (χ3v) is 7.20. The molecule has 0 bridgehead atoms. The van der Waals surface area contributed by atoms with Crippen molar-refractivity contribution in [1.29, 1.82) is 0 Å². The molecule has 11 nitrogen and oxygen atoms in total. The zero-order valence-electron chi connectivity index (χ0n) is 22.3. The van der Waals surface area contributed by atoms with E-state index in [1.165, 1.54) is 21.2 Å². The molecule has 2 N–H and O–H groups in total. The normalized spacial score (nSPS) is 16.7. The topological polar surface area (TPSA) is 131 Å². The third kappa shape index (κ3) is 4.38. The largest absolute Gasteiger partial charge is 0.483 e. The van der Waals surface area contributed by atoms with E-state index in [4.69, 9.17) is 15.2 Å². The lowest BCUT2D eigenvalue weighted by atomic mass is 9.83. The van der Waals surface area contributed by atoms with Gasteiger partial charge in [0.15, 0.2) is 5.78 Å². The van der Waals surface area contributed by atoms with E-state index in [0.717, 1.165) is 10.1 Å². The number of carbonyl (C=O) groups excluding carboxylic acids is 2. The minimum atomic E-state index is -0.804. The first-order valence-electron chi connectivity index (χ1n) is 12.8. The number of nitrogens with zero attached hydrogens (tertiary/aromatic N) is 4. The molecular weight excluding hydrogens is 502 g/mol. The lowest BCUT2D eigenvalue weighted by Crippen LogP contribution is -2.46. The lowest BCUT2D eigenvalue weighted by Gasteiger charge is -2.42. The number of hydrogen-bond donors (Lipinski definition) is 1. The molecule has 2 aromatic carbocycles. The second-order valence-corrected chi connectivity index (χ2v) is 10.0. The van der Waals surface area contributed by atoms with Crippen LogP contribution in [0.2, 0.25) is 0 Å². The van der Waals surface area contributed by atoms with Crippen LogP contribution in [0.3, 0.4) is 0 Å². The van der Waals surface area contributed by atoms with E-state index in [1.54, 1.807) is 42.5 Å². The molecule has 5 rings (SSSR count). The maximum atomic E-state index is 13.8. The molecule has 2 aliphatic rings. The maximum absolute atomic E-state index is 13.8. The Labute approximate surface area is 224 Å². The third-order valence-electron chi connectivity index (χ3n) is 7.20. The van der Waals surface area contributed by atoms with Crippen LogP contribution < -0.4 is 26.6 Å². The monoisotopic (exact) mass is 533 g/mol. The van der Waals surface area contributed by atoms with E-state index < -0.39 is 29.1 Å². The summed E-state index contributed by atoms with van der Waals surface area (Å²) in [4.78, 5) is 53.0. The molecule has 3 aromatic rings. The van der Waals surface area contributed by atoms with E-state index in [2.05, 4.69) is 0 Å². The number of ether oxygens (including phenoxy) is 2. The molecule has 0 aliphatic carbocycles. The molecule has 1 unspecified atom stereocenters. The van der Waals surface area contributed by atoms with E-state index in [1.807, 2.05) is 26.8 Å². The Morgan fingerprint density at radius 3 is 2.49 bits per heavy atom. The molecule has 3 heterocycles.